The minimum atomic E-state index is 0. The van der Waals surface area contributed by atoms with E-state index in [1.165, 1.54) is 4.88 Å². The molecule has 0 aromatic carbocycles. The molecule has 1 saturated heterocycles. The maximum Gasteiger partial charge on any atom is 0.191 e. The minimum absolute atomic E-state index is 0. The van der Waals surface area contributed by atoms with Crippen molar-refractivity contribution in [2.45, 2.75) is 46.2 Å². The van der Waals surface area contributed by atoms with Crippen LogP contribution in [0.25, 0.3) is 0 Å². The molecule has 0 amide bonds. The quantitative estimate of drug-likeness (QED) is 0.258. The number of aromatic nitrogens is 3. The molecule has 8 nitrogen and oxygen atoms in total. The summed E-state index contributed by atoms with van der Waals surface area (Å²) in [5.41, 5.74) is 0. The number of aliphatic imine (C=N–C) groups is 1. The van der Waals surface area contributed by atoms with Gasteiger partial charge in [-0.15, -0.1) is 45.5 Å². The van der Waals surface area contributed by atoms with Crippen LogP contribution in [0.15, 0.2) is 22.5 Å². The zero-order valence-electron chi connectivity index (χ0n) is 19.7. The van der Waals surface area contributed by atoms with Crippen molar-refractivity contribution in [1.82, 2.24) is 30.3 Å². The Morgan fingerprint density at radius 3 is 2.66 bits per heavy atom. The monoisotopic (exact) mass is 575 g/mol. The molecule has 1 atom stereocenters. The Kier molecular flexibility index (Phi) is 11.9. The van der Waals surface area contributed by atoms with E-state index in [-0.39, 0.29) is 24.0 Å². The summed E-state index contributed by atoms with van der Waals surface area (Å²) in [4.78, 5) is 8.74. The predicted octanol–water partition coefficient (Wildman–Crippen LogP) is 2.83. The maximum atomic E-state index is 5.56. The van der Waals surface area contributed by atoms with Crippen LogP contribution in [0.5, 0.6) is 0 Å². The van der Waals surface area contributed by atoms with Gasteiger partial charge in [0.2, 0.25) is 0 Å². The molecule has 0 bridgehead atoms. The van der Waals surface area contributed by atoms with Crippen LogP contribution < -0.4 is 10.6 Å². The van der Waals surface area contributed by atoms with Gasteiger partial charge >= 0.3 is 0 Å². The maximum absolute atomic E-state index is 5.56. The molecule has 2 N–H and O–H groups in total. The van der Waals surface area contributed by atoms with Gasteiger partial charge in [0.1, 0.15) is 12.4 Å². The van der Waals surface area contributed by atoms with Gasteiger partial charge in [0.15, 0.2) is 11.8 Å². The van der Waals surface area contributed by atoms with Gasteiger partial charge in [-0.05, 0) is 37.1 Å². The highest BCUT2D eigenvalue weighted by Crippen LogP contribution is 2.13. The lowest BCUT2D eigenvalue weighted by Crippen LogP contribution is -2.51. The molecule has 0 saturated carbocycles. The lowest BCUT2D eigenvalue weighted by molar-refractivity contribution is 0.0132. The van der Waals surface area contributed by atoms with Crippen molar-refractivity contribution in [2.24, 2.45) is 18.0 Å². The van der Waals surface area contributed by atoms with E-state index in [0.717, 1.165) is 69.8 Å². The summed E-state index contributed by atoms with van der Waals surface area (Å²) in [5, 5.41) is 17.6. The van der Waals surface area contributed by atoms with Crippen LogP contribution in [0.2, 0.25) is 0 Å². The van der Waals surface area contributed by atoms with Crippen molar-refractivity contribution in [1.29, 1.82) is 0 Å². The van der Waals surface area contributed by atoms with E-state index in [2.05, 4.69) is 57.1 Å². The van der Waals surface area contributed by atoms with E-state index >= 15 is 0 Å². The summed E-state index contributed by atoms with van der Waals surface area (Å²) in [5.74, 6) is 3.24. The van der Waals surface area contributed by atoms with E-state index in [0.29, 0.717) is 18.5 Å². The summed E-state index contributed by atoms with van der Waals surface area (Å²) in [6.45, 7) is 12.4. The average molecular weight is 576 g/mol. The molecule has 3 rings (SSSR count). The normalized spacial score (nSPS) is 16.1. The number of halogens is 1. The van der Waals surface area contributed by atoms with Crippen LogP contribution in [0.4, 0.5) is 0 Å². The summed E-state index contributed by atoms with van der Waals surface area (Å²) < 4.78 is 7.55. The van der Waals surface area contributed by atoms with Gasteiger partial charge in [-0.1, -0.05) is 19.9 Å². The van der Waals surface area contributed by atoms with Gasteiger partial charge in [-0.25, -0.2) is 4.99 Å². The first-order valence-electron chi connectivity index (χ1n) is 11.2. The van der Waals surface area contributed by atoms with Gasteiger partial charge in [-0.2, -0.15) is 0 Å². The Bertz CT molecular complexity index is 803. The van der Waals surface area contributed by atoms with Gasteiger partial charge in [0, 0.05) is 44.1 Å². The van der Waals surface area contributed by atoms with E-state index in [1.54, 1.807) is 11.3 Å². The molecule has 180 valence electrons. The number of nitrogens with one attached hydrogen (secondary N) is 2. The summed E-state index contributed by atoms with van der Waals surface area (Å²) in [7, 11) is 1.98. The first-order valence-corrected chi connectivity index (χ1v) is 12.1. The highest BCUT2D eigenvalue weighted by molar-refractivity contribution is 14.0. The van der Waals surface area contributed by atoms with Crippen molar-refractivity contribution < 1.29 is 4.74 Å². The van der Waals surface area contributed by atoms with Crippen molar-refractivity contribution in [3.63, 3.8) is 0 Å². The number of thiophene rings is 1. The third-order valence-electron chi connectivity index (χ3n) is 5.62. The number of hydrogen-bond acceptors (Lipinski definition) is 6. The lowest BCUT2D eigenvalue weighted by atomic mass is 10.0. The molecule has 32 heavy (non-hydrogen) atoms. The average Bonchev–Trinajstić information content (AvgIpc) is 3.39. The second-order valence-corrected chi connectivity index (χ2v) is 9.49. The highest BCUT2D eigenvalue weighted by atomic mass is 127. The molecule has 1 fully saturated rings. The Balaban J connectivity index is 0.00000363. The largest absolute Gasteiger partial charge is 0.379 e. The number of guanidine groups is 1. The van der Waals surface area contributed by atoms with Crippen molar-refractivity contribution in [3.05, 3.63) is 34.0 Å². The Labute approximate surface area is 213 Å². The molecule has 2 aromatic heterocycles. The van der Waals surface area contributed by atoms with Crippen LogP contribution in [-0.2, 0) is 24.8 Å². The first-order chi connectivity index (χ1) is 15.0. The smallest absolute Gasteiger partial charge is 0.191 e. The van der Waals surface area contributed by atoms with Crippen molar-refractivity contribution in [2.75, 3.05) is 39.4 Å². The van der Waals surface area contributed by atoms with Crippen LogP contribution in [0, 0.1) is 12.8 Å². The third-order valence-corrected chi connectivity index (χ3v) is 6.55. The zero-order valence-corrected chi connectivity index (χ0v) is 22.9. The first kappa shape index (κ1) is 27.0. The fraction of sp³-hybridized carbons (Fsp3) is 0.682. The molecular formula is C22H38IN7OS. The third kappa shape index (κ3) is 8.60. The van der Waals surface area contributed by atoms with Crippen LogP contribution >= 0.6 is 35.3 Å². The van der Waals surface area contributed by atoms with E-state index in [9.17, 15) is 0 Å². The molecule has 1 aliphatic heterocycles. The molecule has 0 aliphatic carbocycles. The van der Waals surface area contributed by atoms with E-state index in [4.69, 9.17) is 9.73 Å². The topological polar surface area (TPSA) is 79.6 Å². The fourth-order valence-corrected chi connectivity index (χ4v) is 4.44. The second-order valence-electron chi connectivity index (χ2n) is 8.46. The molecule has 10 heteroatoms. The van der Waals surface area contributed by atoms with Gasteiger partial charge in [0.05, 0.1) is 13.2 Å². The van der Waals surface area contributed by atoms with Crippen LogP contribution in [-0.4, -0.2) is 71.1 Å². The highest BCUT2D eigenvalue weighted by Gasteiger charge is 2.22. The van der Waals surface area contributed by atoms with E-state index < -0.39 is 0 Å². The number of hydrogen-bond donors (Lipinski definition) is 2. The lowest BCUT2D eigenvalue weighted by Gasteiger charge is -2.35. The molecule has 0 spiro atoms. The number of aryl methyl sites for hydroxylation is 1. The van der Waals surface area contributed by atoms with Gasteiger partial charge in [-0.3, -0.25) is 4.90 Å². The Morgan fingerprint density at radius 2 is 2.03 bits per heavy atom. The van der Waals surface area contributed by atoms with E-state index in [1.807, 2.05) is 18.5 Å². The molecule has 1 unspecified atom stereocenters. The van der Waals surface area contributed by atoms with Gasteiger partial charge < -0.3 is 19.9 Å². The van der Waals surface area contributed by atoms with Crippen molar-refractivity contribution >= 4 is 41.3 Å². The van der Waals surface area contributed by atoms with Crippen LogP contribution in [0.3, 0.4) is 0 Å². The number of rotatable bonds is 10. The number of morpholine rings is 1. The molecule has 0 radical (unpaired) electrons. The second kappa shape index (κ2) is 14.1. The fourth-order valence-electron chi connectivity index (χ4n) is 3.73. The Hall–Kier alpha value is -1.24. The van der Waals surface area contributed by atoms with Crippen molar-refractivity contribution in [3.8, 4) is 0 Å². The SMILES string of the molecule is Cc1nnc(CN=C(NCCc2cccs2)NCC(CC(C)C)N2CCOCC2)n1C.I. The summed E-state index contributed by atoms with van der Waals surface area (Å²) in [6, 6.07) is 4.74. The minimum Gasteiger partial charge on any atom is -0.379 e. The van der Waals surface area contributed by atoms with Crippen LogP contribution in [0.1, 0.15) is 36.8 Å². The molecular weight excluding hydrogens is 537 g/mol. The number of nitrogens with zero attached hydrogens (tertiary/aromatic N) is 5. The summed E-state index contributed by atoms with van der Waals surface area (Å²) in [6.07, 6.45) is 2.14. The molecule has 2 aromatic rings. The molecule has 3 heterocycles. The van der Waals surface area contributed by atoms with Gasteiger partial charge in [0.25, 0.3) is 0 Å². The predicted molar refractivity (Wildman–Crippen MR) is 142 cm³/mol. The zero-order chi connectivity index (χ0) is 22.1. The number of ether oxygens (including phenoxy) is 1. The standard InChI is InChI=1S/C22H37N7OS.HI/c1-17(2)14-19(29-9-11-30-12-10-29)15-24-22(23-8-7-20-6-5-13-31-20)25-16-21-27-26-18(3)28(21)4;/h5-6,13,17,19H,7-12,14-16H2,1-4H3,(H2,23,24,25);1H. The molecule has 1 aliphatic rings. The summed E-state index contributed by atoms with van der Waals surface area (Å²) >= 11 is 1.79. The Morgan fingerprint density at radius 1 is 1.25 bits per heavy atom.